The molecule has 0 aromatic heterocycles. The molecule has 0 unspecified atom stereocenters. The van der Waals surface area contributed by atoms with Crippen LogP contribution in [0.25, 0.3) is 0 Å². The Morgan fingerprint density at radius 3 is 2.40 bits per heavy atom. The van der Waals surface area contributed by atoms with E-state index in [-0.39, 0.29) is 0 Å². The minimum atomic E-state index is 0.339. The van der Waals surface area contributed by atoms with Gasteiger partial charge in [0.2, 0.25) is 0 Å². The van der Waals surface area contributed by atoms with Crippen molar-refractivity contribution in [3.63, 3.8) is 0 Å². The monoisotopic (exact) mass is 207 g/mol. The van der Waals surface area contributed by atoms with Crippen molar-refractivity contribution < 1.29 is 5.11 Å². The molecule has 1 aromatic rings. The first-order chi connectivity index (χ1) is 7.18. The molecule has 15 heavy (non-hydrogen) atoms. The van der Waals surface area contributed by atoms with Crippen molar-refractivity contribution in [1.82, 2.24) is 5.32 Å². The molecule has 84 valence electrons. The lowest BCUT2D eigenvalue weighted by atomic mass is 10.1. The third kappa shape index (κ3) is 5.43. The number of rotatable bonds is 6. The van der Waals surface area contributed by atoms with Crippen LogP contribution in [0.2, 0.25) is 0 Å². The molecule has 0 fully saturated rings. The predicted octanol–water partition coefficient (Wildman–Crippen LogP) is 2.57. The first kappa shape index (κ1) is 12.1. The normalized spacial score (nSPS) is 10.9. The maximum Gasteiger partial charge on any atom is 0.115 e. The van der Waals surface area contributed by atoms with E-state index in [4.69, 9.17) is 5.11 Å². The molecular weight excluding hydrogens is 186 g/mol. The average molecular weight is 207 g/mol. The van der Waals surface area contributed by atoms with E-state index in [1.165, 1.54) is 12.0 Å². The number of hydrogen-bond acceptors (Lipinski definition) is 2. The van der Waals surface area contributed by atoms with Gasteiger partial charge in [0.25, 0.3) is 0 Å². The minimum Gasteiger partial charge on any atom is -0.508 e. The smallest absolute Gasteiger partial charge is 0.115 e. The van der Waals surface area contributed by atoms with Gasteiger partial charge < -0.3 is 10.4 Å². The fourth-order valence-electron chi connectivity index (χ4n) is 1.41. The zero-order valence-corrected chi connectivity index (χ0v) is 9.66. The van der Waals surface area contributed by atoms with Crippen LogP contribution in [0.4, 0.5) is 0 Å². The van der Waals surface area contributed by atoms with Crippen molar-refractivity contribution in [2.75, 3.05) is 13.1 Å². The lowest BCUT2D eigenvalue weighted by Crippen LogP contribution is -2.19. The van der Waals surface area contributed by atoms with Crippen molar-refractivity contribution in [1.29, 1.82) is 0 Å². The molecular formula is C13H21NO. The summed E-state index contributed by atoms with van der Waals surface area (Å²) in [4.78, 5) is 0. The maximum atomic E-state index is 9.11. The van der Waals surface area contributed by atoms with Gasteiger partial charge in [-0.15, -0.1) is 0 Å². The second-order valence-corrected chi connectivity index (χ2v) is 4.35. The summed E-state index contributed by atoms with van der Waals surface area (Å²) < 4.78 is 0. The highest BCUT2D eigenvalue weighted by molar-refractivity contribution is 5.25. The van der Waals surface area contributed by atoms with Crippen LogP contribution in [0.15, 0.2) is 24.3 Å². The van der Waals surface area contributed by atoms with Gasteiger partial charge >= 0.3 is 0 Å². The van der Waals surface area contributed by atoms with Crippen LogP contribution >= 0.6 is 0 Å². The summed E-state index contributed by atoms with van der Waals surface area (Å²) >= 11 is 0. The highest BCUT2D eigenvalue weighted by atomic mass is 16.3. The molecule has 1 aromatic carbocycles. The summed E-state index contributed by atoms with van der Waals surface area (Å²) in [5, 5.41) is 12.5. The molecule has 0 atom stereocenters. The molecule has 0 radical (unpaired) electrons. The number of phenols is 1. The maximum absolute atomic E-state index is 9.11. The van der Waals surface area contributed by atoms with E-state index in [0.717, 1.165) is 25.4 Å². The van der Waals surface area contributed by atoms with E-state index in [0.29, 0.717) is 5.75 Å². The van der Waals surface area contributed by atoms with Crippen molar-refractivity contribution in [2.24, 2.45) is 5.92 Å². The summed E-state index contributed by atoms with van der Waals surface area (Å²) in [6.07, 6.45) is 2.26. The van der Waals surface area contributed by atoms with E-state index in [1.54, 1.807) is 12.1 Å². The van der Waals surface area contributed by atoms with Crippen LogP contribution in [0.3, 0.4) is 0 Å². The highest BCUT2D eigenvalue weighted by Gasteiger charge is 1.95. The van der Waals surface area contributed by atoms with Crippen molar-refractivity contribution in [3.8, 4) is 5.75 Å². The topological polar surface area (TPSA) is 32.3 Å². The second kappa shape index (κ2) is 6.46. The van der Waals surface area contributed by atoms with Crippen LogP contribution in [0, 0.1) is 5.92 Å². The zero-order valence-electron chi connectivity index (χ0n) is 9.66. The van der Waals surface area contributed by atoms with E-state index >= 15 is 0 Å². The number of hydrogen-bond donors (Lipinski definition) is 2. The number of phenolic OH excluding ortho intramolecular Hbond substituents is 1. The quantitative estimate of drug-likeness (QED) is 0.703. The number of benzene rings is 1. The summed E-state index contributed by atoms with van der Waals surface area (Å²) in [6, 6.07) is 7.42. The minimum absolute atomic E-state index is 0.339. The van der Waals surface area contributed by atoms with Crippen molar-refractivity contribution in [2.45, 2.75) is 26.7 Å². The Morgan fingerprint density at radius 1 is 1.13 bits per heavy atom. The van der Waals surface area contributed by atoms with Crippen LogP contribution in [-0.4, -0.2) is 18.2 Å². The zero-order chi connectivity index (χ0) is 11.1. The lowest BCUT2D eigenvalue weighted by molar-refractivity contribution is 0.475. The molecule has 0 heterocycles. The first-order valence-electron chi connectivity index (χ1n) is 5.67. The van der Waals surface area contributed by atoms with Crippen molar-refractivity contribution >= 4 is 0 Å². The average Bonchev–Trinajstić information content (AvgIpc) is 2.20. The Labute approximate surface area is 92.3 Å². The second-order valence-electron chi connectivity index (χ2n) is 4.35. The molecule has 2 heteroatoms. The Balaban J connectivity index is 2.12. The molecule has 2 nitrogen and oxygen atoms in total. The first-order valence-corrected chi connectivity index (χ1v) is 5.67. The standard InChI is InChI=1S/C13H21NO/c1-11(2)7-9-14-10-8-12-3-5-13(15)6-4-12/h3-6,11,14-15H,7-10H2,1-2H3. The van der Waals surface area contributed by atoms with Gasteiger partial charge in [-0.05, 0) is 49.5 Å². The third-order valence-corrected chi connectivity index (χ3v) is 2.43. The molecule has 1 rings (SSSR count). The Hall–Kier alpha value is -1.02. The van der Waals surface area contributed by atoms with Crippen LogP contribution < -0.4 is 5.32 Å². The van der Waals surface area contributed by atoms with Gasteiger partial charge in [-0.3, -0.25) is 0 Å². The molecule has 0 amide bonds. The van der Waals surface area contributed by atoms with Gasteiger partial charge in [0.05, 0.1) is 0 Å². The fraction of sp³-hybridized carbons (Fsp3) is 0.538. The predicted molar refractivity (Wildman–Crippen MR) is 64.1 cm³/mol. The van der Waals surface area contributed by atoms with Gasteiger partial charge in [-0.25, -0.2) is 0 Å². The molecule has 0 bridgehead atoms. The molecule has 0 aliphatic rings. The number of nitrogens with one attached hydrogen (secondary N) is 1. The molecule has 0 aliphatic heterocycles. The third-order valence-electron chi connectivity index (χ3n) is 2.43. The fourth-order valence-corrected chi connectivity index (χ4v) is 1.41. The van der Waals surface area contributed by atoms with Gasteiger partial charge in [-0.2, -0.15) is 0 Å². The van der Waals surface area contributed by atoms with Gasteiger partial charge in [0.1, 0.15) is 5.75 Å². The van der Waals surface area contributed by atoms with E-state index in [9.17, 15) is 0 Å². The highest BCUT2D eigenvalue weighted by Crippen LogP contribution is 2.09. The summed E-state index contributed by atoms with van der Waals surface area (Å²) in [7, 11) is 0. The lowest BCUT2D eigenvalue weighted by Gasteiger charge is -2.06. The molecule has 0 saturated carbocycles. The van der Waals surface area contributed by atoms with Gasteiger partial charge in [0.15, 0.2) is 0 Å². The molecule has 0 spiro atoms. The Bertz CT molecular complexity index is 266. The van der Waals surface area contributed by atoms with E-state index < -0.39 is 0 Å². The van der Waals surface area contributed by atoms with Gasteiger partial charge in [0, 0.05) is 0 Å². The van der Waals surface area contributed by atoms with E-state index in [1.807, 2.05) is 12.1 Å². The molecule has 2 N–H and O–H groups in total. The van der Waals surface area contributed by atoms with E-state index in [2.05, 4.69) is 19.2 Å². The molecule has 0 aliphatic carbocycles. The van der Waals surface area contributed by atoms with Crippen LogP contribution in [0.5, 0.6) is 5.75 Å². The Kier molecular flexibility index (Phi) is 5.19. The van der Waals surface area contributed by atoms with Crippen LogP contribution in [-0.2, 0) is 6.42 Å². The summed E-state index contributed by atoms with van der Waals surface area (Å²) in [6.45, 7) is 6.58. The largest absolute Gasteiger partial charge is 0.508 e. The van der Waals surface area contributed by atoms with Crippen LogP contribution in [0.1, 0.15) is 25.8 Å². The van der Waals surface area contributed by atoms with Gasteiger partial charge in [-0.1, -0.05) is 26.0 Å². The number of aromatic hydroxyl groups is 1. The summed E-state index contributed by atoms with van der Waals surface area (Å²) in [5.41, 5.74) is 1.27. The molecule has 0 saturated heterocycles. The Morgan fingerprint density at radius 2 is 1.80 bits per heavy atom. The van der Waals surface area contributed by atoms with Crippen molar-refractivity contribution in [3.05, 3.63) is 29.8 Å². The SMILES string of the molecule is CC(C)CCNCCc1ccc(O)cc1. The summed E-state index contributed by atoms with van der Waals surface area (Å²) in [5.74, 6) is 1.11.